The number of ether oxygens (including phenoxy) is 2. The lowest BCUT2D eigenvalue weighted by Gasteiger charge is -2.17. The maximum atomic E-state index is 14.8. The second kappa shape index (κ2) is 8.78. The summed E-state index contributed by atoms with van der Waals surface area (Å²) in [6.45, 7) is 7.19. The number of nitrogens with one attached hydrogen (secondary N) is 1. The molecule has 2 rings (SSSR count). The van der Waals surface area contributed by atoms with E-state index in [4.69, 9.17) is 9.47 Å². The standard InChI is InChI=1S/C22H26FNO4/c1-12(2)24-15-7-8-16(19(23)9-15)18-11-20(27-5)17(10-21(18)28-6)13(3)14(4)22(25)26/h7-12,24H,1-6H3,(H,25,26)/b14-13+. The molecule has 0 unspecified atom stereocenters. The molecule has 0 saturated heterocycles. The van der Waals surface area contributed by atoms with E-state index in [9.17, 15) is 14.3 Å². The van der Waals surface area contributed by atoms with Crippen LogP contribution in [-0.2, 0) is 4.79 Å². The predicted molar refractivity (Wildman–Crippen MR) is 110 cm³/mol. The van der Waals surface area contributed by atoms with Crippen molar-refractivity contribution in [2.45, 2.75) is 33.7 Å². The molecule has 28 heavy (non-hydrogen) atoms. The summed E-state index contributed by atoms with van der Waals surface area (Å²) in [5.74, 6) is -0.538. The van der Waals surface area contributed by atoms with E-state index in [-0.39, 0.29) is 11.6 Å². The van der Waals surface area contributed by atoms with Gasteiger partial charge < -0.3 is 19.9 Å². The number of benzene rings is 2. The molecule has 0 amide bonds. The number of carboxylic acid groups (broad SMARTS) is 1. The molecule has 2 aromatic rings. The number of methoxy groups -OCH3 is 2. The van der Waals surface area contributed by atoms with Crippen LogP contribution in [0.4, 0.5) is 10.1 Å². The van der Waals surface area contributed by atoms with Gasteiger partial charge in [0.1, 0.15) is 17.3 Å². The molecular formula is C22H26FNO4. The molecule has 0 aliphatic carbocycles. The lowest BCUT2D eigenvalue weighted by molar-refractivity contribution is -0.132. The Bertz CT molecular complexity index is 919. The highest BCUT2D eigenvalue weighted by Crippen LogP contribution is 2.40. The van der Waals surface area contributed by atoms with Gasteiger partial charge in [0.05, 0.1) is 14.2 Å². The van der Waals surface area contributed by atoms with Crippen LogP contribution >= 0.6 is 0 Å². The van der Waals surface area contributed by atoms with Crippen LogP contribution in [0.15, 0.2) is 35.9 Å². The molecule has 0 aliphatic rings. The van der Waals surface area contributed by atoms with Gasteiger partial charge in [-0.3, -0.25) is 0 Å². The normalized spacial score (nSPS) is 11.9. The molecule has 2 aromatic carbocycles. The Balaban J connectivity index is 2.64. The molecule has 5 nitrogen and oxygen atoms in total. The number of aliphatic carboxylic acids is 1. The molecule has 0 bridgehead atoms. The van der Waals surface area contributed by atoms with E-state index < -0.39 is 11.8 Å². The Kier molecular flexibility index (Phi) is 6.67. The summed E-state index contributed by atoms with van der Waals surface area (Å²) in [6, 6.07) is 8.46. The zero-order valence-corrected chi connectivity index (χ0v) is 17.0. The van der Waals surface area contributed by atoms with Crippen molar-refractivity contribution in [1.82, 2.24) is 0 Å². The van der Waals surface area contributed by atoms with E-state index in [1.807, 2.05) is 13.8 Å². The largest absolute Gasteiger partial charge is 0.496 e. The summed E-state index contributed by atoms with van der Waals surface area (Å²) >= 11 is 0. The number of halogens is 1. The quantitative estimate of drug-likeness (QED) is 0.639. The van der Waals surface area contributed by atoms with Gasteiger partial charge in [-0.2, -0.15) is 0 Å². The first-order valence-electron chi connectivity index (χ1n) is 8.93. The monoisotopic (exact) mass is 387 g/mol. The predicted octanol–water partition coefficient (Wildman–Crippen LogP) is 5.21. The van der Waals surface area contributed by atoms with Gasteiger partial charge in [-0.15, -0.1) is 0 Å². The Morgan fingerprint density at radius 3 is 2.18 bits per heavy atom. The molecule has 150 valence electrons. The van der Waals surface area contributed by atoms with Gasteiger partial charge >= 0.3 is 5.97 Å². The van der Waals surface area contributed by atoms with Crippen LogP contribution < -0.4 is 14.8 Å². The number of allylic oxidation sites excluding steroid dienone is 1. The minimum atomic E-state index is -1.01. The van der Waals surface area contributed by atoms with Crippen molar-refractivity contribution in [2.75, 3.05) is 19.5 Å². The highest BCUT2D eigenvalue weighted by Gasteiger charge is 2.19. The van der Waals surface area contributed by atoms with Gasteiger partial charge in [0.15, 0.2) is 0 Å². The number of hydrogen-bond donors (Lipinski definition) is 2. The van der Waals surface area contributed by atoms with Gasteiger partial charge in [0.2, 0.25) is 0 Å². The maximum Gasteiger partial charge on any atom is 0.331 e. The molecule has 0 radical (unpaired) electrons. The summed E-state index contributed by atoms with van der Waals surface area (Å²) < 4.78 is 25.7. The fourth-order valence-electron chi connectivity index (χ4n) is 2.92. The molecule has 6 heteroatoms. The fraction of sp³-hybridized carbons (Fsp3) is 0.318. The summed E-state index contributed by atoms with van der Waals surface area (Å²) in [5, 5.41) is 12.4. The number of hydrogen-bond acceptors (Lipinski definition) is 4. The molecular weight excluding hydrogens is 361 g/mol. The molecule has 0 saturated carbocycles. The molecule has 0 aliphatic heterocycles. The number of carboxylic acids is 1. The Hall–Kier alpha value is -3.02. The topological polar surface area (TPSA) is 67.8 Å². The second-order valence-electron chi connectivity index (χ2n) is 6.80. The molecule has 0 fully saturated rings. The van der Waals surface area contributed by atoms with Crippen LogP contribution in [0.5, 0.6) is 11.5 Å². The number of carbonyl (C=O) groups is 1. The summed E-state index contributed by atoms with van der Waals surface area (Å²) in [7, 11) is 2.98. The number of anilines is 1. The third-order valence-corrected chi connectivity index (χ3v) is 4.52. The van der Waals surface area contributed by atoms with Crippen LogP contribution in [0.2, 0.25) is 0 Å². The van der Waals surface area contributed by atoms with Gasteiger partial charge in [0, 0.05) is 34.0 Å². The molecule has 2 N–H and O–H groups in total. The van der Waals surface area contributed by atoms with E-state index >= 15 is 0 Å². The van der Waals surface area contributed by atoms with E-state index in [0.717, 1.165) is 0 Å². The van der Waals surface area contributed by atoms with Gasteiger partial charge in [0.25, 0.3) is 0 Å². The summed E-state index contributed by atoms with van der Waals surface area (Å²) in [6.07, 6.45) is 0. The lowest BCUT2D eigenvalue weighted by atomic mass is 9.96. The Labute approximate surface area is 164 Å². The smallest absolute Gasteiger partial charge is 0.331 e. The highest BCUT2D eigenvalue weighted by molar-refractivity contribution is 5.96. The third kappa shape index (κ3) is 4.44. The third-order valence-electron chi connectivity index (χ3n) is 4.52. The molecule has 0 aromatic heterocycles. The minimum absolute atomic E-state index is 0.186. The van der Waals surface area contributed by atoms with E-state index in [1.165, 1.54) is 27.2 Å². The SMILES string of the molecule is COc1cc(-c2ccc(NC(C)C)cc2F)c(OC)cc1/C(C)=C(\C)C(=O)O. The van der Waals surface area contributed by atoms with Crippen molar-refractivity contribution in [1.29, 1.82) is 0 Å². The first-order chi connectivity index (χ1) is 13.2. The molecule has 0 spiro atoms. The Morgan fingerprint density at radius 2 is 1.68 bits per heavy atom. The van der Waals surface area contributed by atoms with Crippen molar-refractivity contribution < 1.29 is 23.8 Å². The second-order valence-corrected chi connectivity index (χ2v) is 6.80. The van der Waals surface area contributed by atoms with Gasteiger partial charge in [-0.05, 0) is 63.6 Å². The van der Waals surface area contributed by atoms with Gasteiger partial charge in [-0.25, -0.2) is 9.18 Å². The van der Waals surface area contributed by atoms with Crippen LogP contribution in [0.3, 0.4) is 0 Å². The van der Waals surface area contributed by atoms with Gasteiger partial charge in [-0.1, -0.05) is 0 Å². The van der Waals surface area contributed by atoms with Crippen molar-refractivity contribution >= 4 is 17.2 Å². The first kappa shape index (κ1) is 21.3. The average Bonchev–Trinajstić information content (AvgIpc) is 2.65. The van der Waals surface area contributed by atoms with Crippen molar-refractivity contribution in [3.63, 3.8) is 0 Å². The first-order valence-corrected chi connectivity index (χ1v) is 8.93. The Morgan fingerprint density at radius 1 is 1.04 bits per heavy atom. The van der Waals surface area contributed by atoms with Crippen molar-refractivity contribution in [2.24, 2.45) is 0 Å². The van der Waals surface area contributed by atoms with E-state index in [1.54, 1.807) is 31.2 Å². The van der Waals surface area contributed by atoms with Crippen molar-refractivity contribution in [3.8, 4) is 22.6 Å². The van der Waals surface area contributed by atoms with Crippen LogP contribution in [-0.4, -0.2) is 31.3 Å². The molecule has 0 heterocycles. The zero-order valence-electron chi connectivity index (χ0n) is 17.0. The highest BCUT2D eigenvalue weighted by atomic mass is 19.1. The average molecular weight is 387 g/mol. The van der Waals surface area contributed by atoms with Crippen LogP contribution in [0.25, 0.3) is 16.7 Å². The van der Waals surface area contributed by atoms with E-state index in [0.29, 0.717) is 39.4 Å². The van der Waals surface area contributed by atoms with E-state index in [2.05, 4.69) is 5.32 Å². The summed E-state index contributed by atoms with van der Waals surface area (Å²) in [4.78, 5) is 11.3. The zero-order chi connectivity index (χ0) is 21.0. The van der Waals surface area contributed by atoms with Crippen LogP contribution in [0, 0.1) is 5.82 Å². The fourth-order valence-corrected chi connectivity index (χ4v) is 2.92. The summed E-state index contributed by atoms with van der Waals surface area (Å²) in [5.41, 5.74) is 2.91. The maximum absolute atomic E-state index is 14.8. The van der Waals surface area contributed by atoms with Crippen LogP contribution in [0.1, 0.15) is 33.3 Å². The number of rotatable bonds is 7. The lowest BCUT2D eigenvalue weighted by Crippen LogP contribution is -2.09. The molecule has 0 atom stereocenters. The minimum Gasteiger partial charge on any atom is -0.496 e. The van der Waals surface area contributed by atoms with Crippen molar-refractivity contribution in [3.05, 3.63) is 47.3 Å².